The fourth-order valence-electron chi connectivity index (χ4n) is 2.07. The van der Waals surface area contributed by atoms with E-state index in [1.807, 2.05) is 13.8 Å². The van der Waals surface area contributed by atoms with Crippen LogP contribution in [-0.4, -0.2) is 74.2 Å². The minimum absolute atomic E-state index is 0.207. The van der Waals surface area contributed by atoms with Crippen molar-refractivity contribution >= 4 is 0 Å². The van der Waals surface area contributed by atoms with E-state index in [1.165, 1.54) is 4.90 Å². The predicted molar refractivity (Wildman–Crippen MR) is 56.4 cm³/mol. The monoisotopic (exact) mass is 235 g/mol. The summed E-state index contributed by atoms with van der Waals surface area (Å²) in [7, 11) is 0. The Kier molecular flexibility index (Phi) is 4.66. The quantitative estimate of drug-likeness (QED) is 0.377. The Bertz CT molecular complexity index is 225. The first-order chi connectivity index (χ1) is 7.40. The Balaban J connectivity index is 2.84. The van der Waals surface area contributed by atoms with Crippen LogP contribution in [0.2, 0.25) is 0 Å². The molecule has 6 heteroatoms. The molecule has 0 radical (unpaired) electrons. The molecule has 0 aromatic heterocycles. The lowest BCUT2D eigenvalue weighted by atomic mass is 9.92. The Morgan fingerprint density at radius 2 is 1.56 bits per heavy atom. The molecule has 5 atom stereocenters. The first kappa shape index (κ1) is 13.8. The van der Waals surface area contributed by atoms with Crippen LogP contribution in [0.15, 0.2) is 0 Å². The van der Waals surface area contributed by atoms with Crippen LogP contribution < -0.4 is 0 Å². The average Bonchev–Trinajstić information content (AvgIpc) is 2.23. The molecular formula is C10H21NO5. The zero-order chi connectivity index (χ0) is 12.5. The second-order valence-corrected chi connectivity index (χ2v) is 4.73. The smallest absolute Gasteiger partial charge is 0.136 e. The second kappa shape index (κ2) is 5.39. The van der Waals surface area contributed by atoms with E-state index in [9.17, 15) is 20.4 Å². The van der Waals surface area contributed by atoms with E-state index < -0.39 is 30.6 Å². The van der Waals surface area contributed by atoms with Gasteiger partial charge in [0.2, 0.25) is 0 Å². The molecule has 0 aliphatic carbocycles. The van der Waals surface area contributed by atoms with Crippen LogP contribution in [0, 0.1) is 5.92 Å². The predicted octanol–water partition coefficient (Wildman–Crippen LogP) is -2.28. The van der Waals surface area contributed by atoms with Crippen molar-refractivity contribution in [2.75, 3.05) is 13.2 Å². The molecule has 16 heavy (non-hydrogen) atoms. The molecule has 0 aromatic carbocycles. The van der Waals surface area contributed by atoms with E-state index in [-0.39, 0.29) is 12.5 Å². The first-order valence-electron chi connectivity index (χ1n) is 5.49. The van der Waals surface area contributed by atoms with Crippen LogP contribution in [0.5, 0.6) is 0 Å². The molecule has 1 saturated heterocycles. The van der Waals surface area contributed by atoms with Gasteiger partial charge >= 0.3 is 0 Å². The van der Waals surface area contributed by atoms with E-state index in [0.717, 1.165) is 0 Å². The number of aliphatic hydroxyl groups excluding tert-OH is 5. The molecule has 5 N–H and O–H groups in total. The number of piperidine rings is 1. The molecule has 96 valence electrons. The third-order valence-corrected chi connectivity index (χ3v) is 2.93. The van der Waals surface area contributed by atoms with E-state index in [1.54, 1.807) is 0 Å². The molecule has 1 aliphatic heterocycles. The summed E-state index contributed by atoms with van der Waals surface area (Å²) in [4.78, 5) is 1.42. The fraction of sp³-hybridized carbons (Fsp3) is 1.00. The van der Waals surface area contributed by atoms with Gasteiger partial charge in [0.15, 0.2) is 0 Å². The lowest BCUT2D eigenvalue weighted by molar-refractivity contribution is -0.224. The molecule has 1 unspecified atom stereocenters. The third-order valence-electron chi connectivity index (χ3n) is 2.93. The molecule has 1 fully saturated rings. The zero-order valence-corrected chi connectivity index (χ0v) is 9.56. The Hall–Kier alpha value is -0.240. The topological polar surface area (TPSA) is 104 Å². The number of hydrogen-bond acceptors (Lipinski definition) is 6. The third kappa shape index (κ3) is 2.53. The minimum atomic E-state index is -1.43. The summed E-state index contributed by atoms with van der Waals surface area (Å²) in [5.74, 6) is 0.207. The highest BCUT2D eigenvalue weighted by atomic mass is 16.4. The van der Waals surface area contributed by atoms with Gasteiger partial charge in [-0.3, -0.25) is 4.90 Å². The highest BCUT2D eigenvalue weighted by molar-refractivity contribution is 4.96. The van der Waals surface area contributed by atoms with E-state index >= 15 is 0 Å². The van der Waals surface area contributed by atoms with Crippen molar-refractivity contribution in [1.29, 1.82) is 0 Å². The Morgan fingerprint density at radius 1 is 1.00 bits per heavy atom. The van der Waals surface area contributed by atoms with Gasteiger partial charge in [-0.2, -0.15) is 0 Å². The molecular weight excluding hydrogens is 214 g/mol. The highest BCUT2D eigenvalue weighted by Gasteiger charge is 2.46. The van der Waals surface area contributed by atoms with Gasteiger partial charge in [0.25, 0.3) is 0 Å². The van der Waals surface area contributed by atoms with Crippen LogP contribution in [0.4, 0.5) is 0 Å². The van der Waals surface area contributed by atoms with Crippen molar-refractivity contribution in [3.63, 3.8) is 0 Å². The molecule has 0 spiro atoms. The maximum absolute atomic E-state index is 9.77. The van der Waals surface area contributed by atoms with Crippen LogP contribution in [0.1, 0.15) is 13.8 Å². The van der Waals surface area contributed by atoms with E-state index in [4.69, 9.17) is 5.11 Å². The van der Waals surface area contributed by atoms with Crippen molar-refractivity contribution in [3.8, 4) is 0 Å². The summed E-state index contributed by atoms with van der Waals surface area (Å²) in [5.41, 5.74) is 0. The number of nitrogens with zero attached hydrogens (tertiary/aromatic N) is 1. The molecule has 0 aromatic rings. The standard InChI is InChI=1S/C10H21NO5/c1-5(2)3-11-6(4-12)7(13)8(14)9(15)10(11)16/h5-10,12-16H,3-4H2,1-2H3/t6-,7-,8+,9-,10?/m1/s1. The molecule has 0 bridgehead atoms. The summed E-state index contributed by atoms with van der Waals surface area (Å²) in [6.07, 6.45) is -5.38. The Labute approximate surface area is 94.7 Å². The van der Waals surface area contributed by atoms with Crippen LogP contribution in [0.3, 0.4) is 0 Å². The maximum Gasteiger partial charge on any atom is 0.136 e. The van der Waals surface area contributed by atoms with Crippen molar-refractivity contribution in [3.05, 3.63) is 0 Å². The highest BCUT2D eigenvalue weighted by Crippen LogP contribution is 2.24. The first-order valence-corrected chi connectivity index (χ1v) is 5.49. The van der Waals surface area contributed by atoms with Crippen molar-refractivity contribution < 1.29 is 25.5 Å². The van der Waals surface area contributed by atoms with Crippen LogP contribution in [-0.2, 0) is 0 Å². The van der Waals surface area contributed by atoms with E-state index in [0.29, 0.717) is 6.54 Å². The summed E-state index contributed by atoms with van der Waals surface area (Å²) < 4.78 is 0. The average molecular weight is 235 g/mol. The summed E-state index contributed by atoms with van der Waals surface area (Å²) in [6.45, 7) is 3.89. The fourth-order valence-corrected chi connectivity index (χ4v) is 2.07. The minimum Gasteiger partial charge on any atom is -0.395 e. The summed E-state index contributed by atoms with van der Waals surface area (Å²) >= 11 is 0. The van der Waals surface area contributed by atoms with Gasteiger partial charge in [-0.1, -0.05) is 13.8 Å². The largest absolute Gasteiger partial charge is 0.395 e. The van der Waals surface area contributed by atoms with Crippen molar-refractivity contribution in [2.24, 2.45) is 5.92 Å². The lowest BCUT2D eigenvalue weighted by Crippen LogP contribution is -2.67. The van der Waals surface area contributed by atoms with E-state index in [2.05, 4.69) is 0 Å². The van der Waals surface area contributed by atoms with Crippen LogP contribution >= 0.6 is 0 Å². The van der Waals surface area contributed by atoms with Gasteiger partial charge in [-0.05, 0) is 5.92 Å². The van der Waals surface area contributed by atoms with Gasteiger partial charge < -0.3 is 25.5 Å². The van der Waals surface area contributed by atoms with Crippen molar-refractivity contribution in [2.45, 2.75) is 44.4 Å². The molecule has 6 nitrogen and oxygen atoms in total. The molecule has 1 rings (SSSR count). The molecule has 0 saturated carbocycles. The van der Waals surface area contributed by atoms with Gasteiger partial charge in [-0.25, -0.2) is 0 Å². The SMILES string of the molecule is CC(C)CN1C(O)[C@H](O)[C@@H](O)[C@H](O)[C@H]1CO. The molecule has 1 heterocycles. The number of rotatable bonds is 3. The second-order valence-electron chi connectivity index (χ2n) is 4.73. The zero-order valence-electron chi connectivity index (χ0n) is 9.56. The van der Waals surface area contributed by atoms with Gasteiger partial charge in [-0.15, -0.1) is 0 Å². The van der Waals surface area contributed by atoms with Gasteiger partial charge in [0.05, 0.1) is 12.6 Å². The number of likely N-dealkylation sites (tertiary alicyclic amines) is 1. The normalized spacial score (nSPS) is 41.6. The Morgan fingerprint density at radius 3 is 2.00 bits per heavy atom. The number of hydrogen-bond donors (Lipinski definition) is 5. The van der Waals surface area contributed by atoms with Crippen LogP contribution in [0.25, 0.3) is 0 Å². The molecule has 1 aliphatic rings. The summed E-state index contributed by atoms with van der Waals surface area (Å²) in [5, 5.41) is 47.6. The van der Waals surface area contributed by atoms with Gasteiger partial charge in [0.1, 0.15) is 24.5 Å². The molecule has 0 amide bonds. The summed E-state index contributed by atoms with van der Waals surface area (Å²) in [6, 6.07) is -0.754. The van der Waals surface area contributed by atoms with Gasteiger partial charge in [0, 0.05) is 6.54 Å². The maximum atomic E-state index is 9.77. The lowest BCUT2D eigenvalue weighted by Gasteiger charge is -2.47. The van der Waals surface area contributed by atoms with Crippen molar-refractivity contribution in [1.82, 2.24) is 4.90 Å². The number of aliphatic hydroxyl groups is 5.